The highest BCUT2D eigenvalue weighted by molar-refractivity contribution is 14.1. The third-order valence-electron chi connectivity index (χ3n) is 2.02. The number of carbonyl (C=O) groups excluding carboxylic acids is 3. The van der Waals surface area contributed by atoms with Crippen molar-refractivity contribution in [2.24, 2.45) is 0 Å². The van der Waals surface area contributed by atoms with Crippen LogP contribution in [0.2, 0.25) is 0 Å². The second-order valence-electron chi connectivity index (χ2n) is 3.41. The summed E-state index contributed by atoms with van der Waals surface area (Å²) in [6.07, 6.45) is 5.50. The van der Waals surface area contributed by atoms with Gasteiger partial charge in [-0.25, -0.2) is 0 Å². The van der Waals surface area contributed by atoms with E-state index in [1.165, 1.54) is 12.2 Å². The molecule has 0 aromatic heterocycles. The van der Waals surface area contributed by atoms with Crippen molar-refractivity contribution in [2.75, 3.05) is 13.6 Å². The van der Waals surface area contributed by atoms with Crippen LogP contribution in [0.1, 0.15) is 25.7 Å². The lowest BCUT2D eigenvalue weighted by molar-refractivity contribution is -0.120. The van der Waals surface area contributed by atoms with Crippen LogP contribution in [0.5, 0.6) is 0 Å². The van der Waals surface area contributed by atoms with Gasteiger partial charge in [0.1, 0.15) is 0 Å². The molecule has 0 aliphatic rings. The van der Waals surface area contributed by atoms with Gasteiger partial charge in [-0.3, -0.25) is 14.4 Å². The molecule has 2 N–H and O–H groups in total. The van der Waals surface area contributed by atoms with Crippen LogP contribution in [0.25, 0.3) is 0 Å². The molecule has 0 unspecified atom stereocenters. The smallest absolute Gasteiger partial charge is 0.244 e. The summed E-state index contributed by atoms with van der Waals surface area (Å²) in [4.78, 5) is 32.5. The molecule has 0 fully saturated rings. The molecule has 17 heavy (non-hydrogen) atoms. The molecule has 0 bridgehead atoms. The minimum Gasteiger partial charge on any atom is -0.359 e. The summed E-state index contributed by atoms with van der Waals surface area (Å²) in [5, 5.41) is 5.21. The zero-order chi connectivity index (χ0) is 13.1. The van der Waals surface area contributed by atoms with Crippen LogP contribution in [-0.2, 0) is 14.4 Å². The number of unbranched alkanes of at least 4 members (excludes halogenated alkanes) is 2. The van der Waals surface area contributed by atoms with E-state index in [-0.39, 0.29) is 15.6 Å². The lowest BCUT2D eigenvalue weighted by Gasteiger charge is -2.02. The molecule has 0 radical (unpaired) electrons. The topological polar surface area (TPSA) is 75.3 Å². The van der Waals surface area contributed by atoms with Crippen LogP contribution >= 0.6 is 22.6 Å². The quantitative estimate of drug-likeness (QED) is 0.295. The van der Waals surface area contributed by atoms with E-state index in [1.54, 1.807) is 29.6 Å². The van der Waals surface area contributed by atoms with Gasteiger partial charge in [-0.05, 0) is 18.9 Å². The molecule has 0 rings (SSSR count). The van der Waals surface area contributed by atoms with Gasteiger partial charge in [0, 0.05) is 48.7 Å². The Kier molecular flexibility index (Phi) is 9.69. The highest BCUT2D eigenvalue weighted by Gasteiger charge is 1.98. The minimum absolute atomic E-state index is 0.0394. The Bertz CT molecular complexity index is 303. The number of carbonyl (C=O) groups is 3. The molecule has 2 amide bonds. The Balaban J connectivity index is 3.42. The summed E-state index contributed by atoms with van der Waals surface area (Å²) in [7, 11) is 1.61. The molecule has 0 aliphatic heterocycles. The first-order valence-corrected chi connectivity index (χ1v) is 6.50. The van der Waals surface area contributed by atoms with Crippen LogP contribution < -0.4 is 10.6 Å². The van der Waals surface area contributed by atoms with E-state index < -0.39 is 0 Å². The van der Waals surface area contributed by atoms with Crippen molar-refractivity contribution in [1.29, 1.82) is 0 Å². The molecule has 0 saturated carbocycles. The van der Waals surface area contributed by atoms with Crippen molar-refractivity contribution in [2.45, 2.75) is 25.7 Å². The van der Waals surface area contributed by atoms with Crippen molar-refractivity contribution in [1.82, 2.24) is 10.6 Å². The van der Waals surface area contributed by atoms with Crippen LogP contribution in [0.4, 0.5) is 0 Å². The Morgan fingerprint density at radius 2 is 1.82 bits per heavy atom. The van der Waals surface area contributed by atoms with Gasteiger partial charge >= 0.3 is 0 Å². The van der Waals surface area contributed by atoms with Crippen molar-refractivity contribution < 1.29 is 14.4 Å². The molecule has 0 atom stereocenters. The number of halogens is 1. The van der Waals surface area contributed by atoms with Crippen LogP contribution in [-0.4, -0.2) is 29.2 Å². The normalized spacial score (nSPS) is 10.2. The summed E-state index contributed by atoms with van der Waals surface area (Å²) in [6, 6.07) is 0. The highest BCUT2D eigenvalue weighted by Crippen LogP contribution is 1.98. The van der Waals surface area contributed by atoms with Crippen molar-refractivity contribution in [3.63, 3.8) is 0 Å². The fourth-order valence-corrected chi connectivity index (χ4v) is 1.30. The lowest BCUT2D eigenvalue weighted by Crippen LogP contribution is -2.22. The van der Waals surface area contributed by atoms with Crippen LogP contribution in [0.3, 0.4) is 0 Å². The Hall–Kier alpha value is -0.920. The zero-order valence-electron chi connectivity index (χ0n) is 9.79. The summed E-state index contributed by atoms with van der Waals surface area (Å²) in [6.45, 7) is 0.562. The van der Waals surface area contributed by atoms with Crippen LogP contribution in [0.15, 0.2) is 12.2 Å². The average Bonchev–Trinajstić information content (AvgIpc) is 2.30. The summed E-state index contributed by atoms with van der Waals surface area (Å²) < 4.78 is -0.177. The van der Waals surface area contributed by atoms with E-state index in [0.29, 0.717) is 13.0 Å². The van der Waals surface area contributed by atoms with E-state index >= 15 is 0 Å². The number of amides is 2. The summed E-state index contributed by atoms with van der Waals surface area (Å²) in [5.41, 5.74) is 0. The predicted octanol–water partition coefficient (Wildman–Crippen LogP) is 0.927. The molecule has 6 heteroatoms. The first kappa shape index (κ1) is 16.1. The SMILES string of the molecule is CNC(=O)CCCCCNC(=O)/C=C\C(=O)I. The number of rotatable bonds is 8. The first-order chi connectivity index (χ1) is 8.06. The number of nitrogens with one attached hydrogen (secondary N) is 2. The monoisotopic (exact) mass is 352 g/mol. The van der Waals surface area contributed by atoms with Crippen molar-refractivity contribution in [3.8, 4) is 0 Å². The number of allylic oxidation sites excluding steroid dienone is 1. The standard InChI is InChI=1S/C11H17IN2O3/c1-13-10(16)5-3-2-4-8-14-11(17)7-6-9(12)15/h6-7H,2-5,8H2,1H3,(H,13,16)(H,14,17)/b7-6-. The van der Waals surface area contributed by atoms with E-state index in [4.69, 9.17) is 0 Å². The largest absolute Gasteiger partial charge is 0.359 e. The van der Waals surface area contributed by atoms with Gasteiger partial charge in [-0.2, -0.15) is 0 Å². The van der Waals surface area contributed by atoms with Gasteiger partial charge in [0.15, 0.2) is 0 Å². The van der Waals surface area contributed by atoms with Gasteiger partial charge in [-0.1, -0.05) is 6.42 Å². The second kappa shape index (κ2) is 10.2. The van der Waals surface area contributed by atoms with E-state index in [2.05, 4.69) is 10.6 Å². The molecule has 0 heterocycles. The third-order valence-corrected chi connectivity index (χ3v) is 2.38. The van der Waals surface area contributed by atoms with Gasteiger partial charge in [0.25, 0.3) is 0 Å². The summed E-state index contributed by atoms with van der Waals surface area (Å²) in [5.74, 6) is -0.223. The molecule has 0 aromatic rings. The Morgan fingerprint density at radius 1 is 1.12 bits per heavy atom. The number of hydrogen-bond acceptors (Lipinski definition) is 3. The van der Waals surface area contributed by atoms with Gasteiger partial charge in [0.2, 0.25) is 15.6 Å². The predicted molar refractivity (Wildman–Crippen MR) is 73.7 cm³/mol. The zero-order valence-corrected chi connectivity index (χ0v) is 12.0. The maximum Gasteiger partial charge on any atom is 0.244 e. The van der Waals surface area contributed by atoms with Gasteiger partial charge in [0.05, 0.1) is 0 Å². The van der Waals surface area contributed by atoms with E-state index in [1.807, 2.05) is 0 Å². The molecule has 0 saturated heterocycles. The molecule has 0 spiro atoms. The third kappa shape index (κ3) is 11.3. The summed E-state index contributed by atoms with van der Waals surface area (Å²) >= 11 is 1.60. The second-order valence-corrected chi connectivity index (χ2v) is 4.48. The fraction of sp³-hybridized carbons (Fsp3) is 0.545. The highest BCUT2D eigenvalue weighted by atomic mass is 127. The molecule has 0 aliphatic carbocycles. The molecular formula is C11H17IN2O3. The van der Waals surface area contributed by atoms with Gasteiger partial charge < -0.3 is 10.6 Å². The maximum absolute atomic E-state index is 11.1. The Labute approximate surface area is 115 Å². The van der Waals surface area contributed by atoms with Crippen molar-refractivity contribution in [3.05, 3.63) is 12.2 Å². The van der Waals surface area contributed by atoms with E-state index in [0.717, 1.165) is 19.3 Å². The Morgan fingerprint density at radius 3 is 2.41 bits per heavy atom. The molecule has 0 aromatic carbocycles. The fourth-order valence-electron chi connectivity index (χ4n) is 1.12. The average molecular weight is 352 g/mol. The molecular weight excluding hydrogens is 335 g/mol. The molecule has 5 nitrogen and oxygen atoms in total. The maximum atomic E-state index is 11.1. The van der Waals surface area contributed by atoms with Crippen molar-refractivity contribution >= 4 is 38.2 Å². The lowest BCUT2D eigenvalue weighted by atomic mass is 10.2. The van der Waals surface area contributed by atoms with Crippen LogP contribution in [0, 0.1) is 0 Å². The van der Waals surface area contributed by atoms with E-state index in [9.17, 15) is 14.4 Å². The van der Waals surface area contributed by atoms with Gasteiger partial charge in [-0.15, -0.1) is 0 Å². The number of hydrogen-bond donors (Lipinski definition) is 2. The first-order valence-electron chi connectivity index (χ1n) is 5.42. The minimum atomic E-state index is -0.263. The molecule has 96 valence electrons.